The highest BCUT2D eigenvalue weighted by molar-refractivity contribution is 7.91. The van der Waals surface area contributed by atoms with Crippen LogP contribution in [-0.4, -0.2) is 33.2 Å². The zero-order valence-corrected chi connectivity index (χ0v) is 14.7. The minimum Gasteiger partial charge on any atom is -0.341 e. The van der Waals surface area contributed by atoms with Gasteiger partial charge in [0.15, 0.2) is 9.84 Å². The largest absolute Gasteiger partial charge is 0.341 e. The van der Waals surface area contributed by atoms with Crippen LogP contribution in [0.25, 0.3) is 0 Å². The van der Waals surface area contributed by atoms with Crippen LogP contribution < -0.4 is 16.0 Å². The third kappa shape index (κ3) is 4.57. The molecule has 0 aliphatic carbocycles. The van der Waals surface area contributed by atoms with Gasteiger partial charge in [0, 0.05) is 18.4 Å². The second-order valence-corrected chi connectivity index (χ2v) is 7.38. The molecule has 8 heteroatoms. The monoisotopic (exact) mass is 361 g/mol. The van der Waals surface area contributed by atoms with Crippen molar-refractivity contribution >= 4 is 33.2 Å². The van der Waals surface area contributed by atoms with Crippen LogP contribution >= 0.6 is 0 Å². The number of hydrogen-bond donors (Lipinski definition) is 3. The van der Waals surface area contributed by atoms with E-state index >= 15 is 0 Å². The number of rotatable bonds is 5. The van der Waals surface area contributed by atoms with Crippen LogP contribution in [0.4, 0.5) is 16.2 Å². The smallest absolute Gasteiger partial charge is 0.318 e. The summed E-state index contributed by atoms with van der Waals surface area (Å²) in [4.78, 5) is 23.7. The van der Waals surface area contributed by atoms with Crippen molar-refractivity contribution in [1.29, 1.82) is 0 Å². The summed E-state index contributed by atoms with van der Waals surface area (Å²) in [6, 6.07) is 12.2. The first-order valence-corrected chi connectivity index (χ1v) is 9.24. The van der Waals surface area contributed by atoms with E-state index in [0.717, 1.165) is 0 Å². The van der Waals surface area contributed by atoms with Crippen molar-refractivity contribution in [3.63, 3.8) is 0 Å². The average Bonchev–Trinajstić information content (AvgIpc) is 2.63. The van der Waals surface area contributed by atoms with Gasteiger partial charge in [-0.05, 0) is 36.4 Å². The van der Waals surface area contributed by atoms with Crippen LogP contribution in [0.2, 0.25) is 0 Å². The third-order valence-corrected chi connectivity index (χ3v) is 5.26. The second-order valence-electron chi connectivity index (χ2n) is 5.14. The van der Waals surface area contributed by atoms with Gasteiger partial charge in [0.1, 0.15) is 0 Å². The van der Waals surface area contributed by atoms with Crippen molar-refractivity contribution in [3.8, 4) is 0 Å². The molecule has 0 bridgehead atoms. The third-order valence-electron chi connectivity index (χ3n) is 3.47. The number of nitrogens with one attached hydrogen (secondary N) is 3. The molecule has 3 N–H and O–H groups in total. The Balaban J connectivity index is 2.20. The summed E-state index contributed by atoms with van der Waals surface area (Å²) in [6.07, 6.45) is 0. The topological polar surface area (TPSA) is 104 Å². The quantitative estimate of drug-likeness (QED) is 0.761. The van der Waals surface area contributed by atoms with E-state index in [1.165, 1.54) is 26.1 Å². The van der Waals surface area contributed by atoms with E-state index < -0.39 is 15.7 Å². The average molecular weight is 361 g/mol. The number of carbonyl (C=O) groups excluding carboxylic acids is 2. The lowest BCUT2D eigenvalue weighted by Gasteiger charge is -2.11. The Labute approximate surface area is 146 Å². The number of amides is 3. The Bertz CT molecular complexity index is 877. The maximum Gasteiger partial charge on any atom is 0.318 e. The van der Waals surface area contributed by atoms with Gasteiger partial charge in [0.05, 0.1) is 16.2 Å². The summed E-state index contributed by atoms with van der Waals surface area (Å²) in [7, 11) is -2.00. The van der Waals surface area contributed by atoms with Gasteiger partial charge >= 0.3 is 6.03 Å². The van der Waals surface area contributed by atoms with Gasteiger partial charge in [-0.2, -0.15) is 0 Å². The summed E-state index contributed by atoms with van der Waals surface area (Å²) >= 11 is 0. The molecule has 2 aromatic rings. The molecular formula is C17H19N3O4S. The Hall–Kier alpha value is -2.87. The summed E-state index contributed by atoms with van der Waals surface area (Å²) in [5.41, 5.74) is 1.14. The van der Waals surface area contributed by atoms with E-state index in [4.69, 9.17) is 0 Å². The Morgan fingerprint density at radius 2 is 1.48 bits per heavy atom. The van der Waals surface area contributed by atoms with E-state index in [9.17, 15) is 18.0 Å². The molecule has 0 aliphatic rings. The molecule has 0 fully saturated rings. The number of carbonyl (C=O) groups is 2. The highest BCUT2D eigenvalue weighted by Crippen LogP contribution is 2.20. The molecule has 0 saturated carbocycles. The molecular weight excluding hydrogens is 342 g/mol. The van der Waals surface area contributed by atoms with Crippen LogP contribution in [0.15, 0.2) is 53.4 Å². The first-order chi connectivity index (χ1) is 11.9. The molecule has 132 valence electrons. The van der Waals surface area contributed by atoms with Crippen molar-refractivity contribution in [2.24, 2.45) is 0 Å². The lowest BCUT2D eigenvalue weighted by molar-refractivity contribution is 0.102. The molecule has 7 nitrogen and oxygen atoms in total. The zero-order valence-electron chi connectivity index (χ0n) is 13.9. The molecule has 0 aromatic heterocycles. The fraction of sp³-hybridized carbons (Fsp3) is 0.176. The van der Waals surface area contributed by atoms with Crippen LogP contribution in [0.3, 0.4) is 0 Å². The van der Waals surface area contributed by atoms with Crippen molar-refractivity contribution < 1.29 is 18.0 Å². The summed E-state index contributed by atoms with van der Waals surface area (Å²) < 4.78 is 24.3. The number of sulfone groups is 1. The number of urea groups is 1. The summed E-state index contributed by atoms with van der Waals surface area (Å²) in [5.74, 6) is -0.600. The van der Waals surface area contributed by atoms with Crippen molar-refractivity contribution in [2.75, 3.05) is 23.4 Å². The van der Waals surface area contributed by atoms with Crippen LogP contribution in [0, 0.1) is 0 Å². The van der Waals surface area contributed by atoms with Crippen molar-refractivity contribution in [1.82, 2.24) is 5.32 Å². The molecule has 2 aromatic carbocycles. The summed E-state index contributed by atoms with van der Waals surface area (Å²) in [5, 5.41) is 7.69. The molecule has 25 heavy (non-hydrogen) atoms. The van der Waals surface area contributed by atoms with Crippen molar-refractivity contribution in [3.05, 3.63) is 54.1 Å². The van der Waals surface area contributed by atoms with Gasteiger partial charge < -0.3 is 16.0 Å². The first-order valence-electron chi connectivity index (χ1n) is 7.59. The molecule has 0 heterocycles. The van der Waals surface area contributed by atoms with Gasteiger partial charge in [-0.15, -0.1) is 0 Å². The molecule has 2 rings (SSSR count). The number of anilines is 2. The SMILES string of the molecule is CCS(=O)(=O)c1ccccc1C(=O)Nc1ccc(NC(=O)NC)cc1. The van der Waals surface area contributed by atoms with Gasteiger partial charge in [-0.3, -0.25) is 4.79 Å². The molecule has 0 aliphatic heterocycles. The first kappa shape index (κ1) is 18.5. The minimum atomic E-state index is -3.50. The predicted octanol–water partition coefficient (Wildman–Crippen LogP) is 2.48. The molecule has 0 spiro atoms. The zero-order chi connectivity index (χ0) is 18.4. The Kier molecular flexibility index (Phi) is 5.76. The van der Waals surface area contributed by atoms with Gasteiger partial charge in [-0.25, -0.2) is 13.2 Å². The standard InChI is InChI=1S/C17H19N3O4S/c1-3-25(23,24)15-7-5-4-6-14(15)16(21)19-12-8-10-13(11-9-12)20-17(22)18-2/h4-11H,3H2,1-2H3,(H,19,21)(H2,18,20,22). The minimum absolute atomic E-state index is 0.00732. The van der Waals surface area contributed by atoms with Crippen LogP contribution in [0.1, 0.15) is 17.3 Å². The van der Waals surface area contributed by atoms with E-state index in [1.54, 1.807) is 36.4 Å². The van der Waals surface area contributed by atoms with E-state index in [-0.39, 0.29) is 22.2 Å². The fourth-order valence-electron chi connectivity index (χ4n) is 2.11. The van der Waals surface area contributed by atoms with E-state index in [2.05, 4.69) is 16.0 Å². The van der Waals surface area contributed by atoms with Crippen LogP contribution in [-0.2, 0) is 9.84 Å². The van der Waals surface area contributed by atoms with Gasteiger partial charge in [0.25, 0.3) is 5.91 Å². The molecule has 0 saturated heterocycles. The maximum atomic E-state index is 12.5. The molecule has 0 unspecified atom stereocenters. The maximum absolute atomic E-state index is 12.5. The predicted molar refractivity (Wildman–Crippen MR) is 96.6 cm³/mol. The highest BCUT2D eigenvalue weighted by Gasteiger charge is 2.20. The number of hydrogen-bond acceptors (Lipinski definition) is 4. The van der Waals surface area contributed by atoms with E-state index in [0.29, 0.717) is 11.4 Å². The molecule has 0 radical (unpaired) electrons. The lowest BCUT2D eigenvalue weighted by atomic mass is 10.2. The summed E-state index contributed by atoms with van der Waals surface area (Å²) in [6.45, 7) is 1.53. The Morgan fingerprint density at radius 3 is 2.04 bits per heavy atom. The normalized spacial score (nSPS) is 10.8. The fourth-order valence-corrected chi connectivity index (χ4v) is 3.20. The van der Waals surface area contributed by atoms with Crippen LogP contribution in [0.5, 0.6) is 0 Å². The highest BCUT2D eigenvalue weighted by atomic mass is 32.2. The molecule has 0 atom stereocenters. The number of benzene rings is 2. The molecule has 3 amide bonds. The second kappa shape index (κ2) is 7.80. The van der Waals surface area contributed by atoms with E-state index in [1.807, 2.05) is 0 Å². The lowest BCUT2D eigenvalue weighted by Crippen LogP contribution is -2.24. The van der Waals surface area contributed by atoms with Gasteiger partial charge in [-0.1, -0.05) is 19.1 Å². The van der Waals surface area contributed by atoms with Crippen molar-refractivity contribution in [2.45, 2.75) is 11.8 Å². The van der Waals surface area contributed by atoms with Gasteiger partial charge in [0.2, 0.25) is 0 Å². The Morgan fingerprint density at radius 1 is 0.920 bits per heavy atom.